The third-order valence-corrected chi connectivity index (χ3v) is 5.24. The molecule has 0 saturated carbocycles. The molecule has 1 atom stereocenters. The van der Waals surface area contributed by atoms with E-state index in [1.165, 1.54) is 44.3 Å². The molecule has 2 rings (SSSR count). The summed E-state index contributed by atoms with van der Waals surface area (Å²) >= 11 is 0. The van der Waals surface area contributed by atoms with Crippen LogP contribution in [0.5, 0.6) is 5.75 Å². The first kappa shape index (κ1) is 16.3. The van der Waals surface area contributed by atoms with Gasteiger partial charge in [0.25, 0.3) is 0 Å². The molecule has 3 heteroatoms. The lowest BCUT2D eigenvalue weighted by Gasteiger charge is -2.47. The molecular formula is C18H30N2O. The Hall–Kier alpha value is -1.06. The monoisotopic (exact) mass is 290 g/mol. The summed E-state index contributed by atoms with van der Waals surface area (Å²) in [6, 6.07) is 8.91. The van der Waals surface area contributed by atoms with E-state index >= 15 is 0 Å². The zero-order valence-corrected chi connectivity index (χ0v) is 14.0. The number of hydrogen-bond donors (Lipinski definition) is 1. The van der Waals surface area contributed by atoms with Crippen LogP contribution in [0.3, 0.4) is 0 Å². The van der Waals surface area contributed by atoms with Gasteiger partial charge in [-0.3, -0.25) is 4.90 Å². The second-order valence-corrected chi connectivity index (χ2v) is 6.00. The Kier molecular flexibility index (Phi) is 5.65. The van der Waals surface area contributed by atoms with Gasteiger partial charge in [-0.25, -0.2) is 0 Å². The number of likely N-dealkylation sites (tertiary alicyclic amines) is 1. The predicted molar refractivity (Wildman–Crippen MR) is 88.9 cm³/mol. The van der Waals surface area contributed by atoms with E-state index in [0.717, 1.165) is 5.75 Å². The van der Waals surface area contributed by atoms with Gasteiger partial charge in [-0.05, 0) is 63.5 Å². The number of methoxy groups -OCH3 is 1. The van der Waals surface area contributed by atoms with Gasteiger partial charge in [-0.2, -0.15) is 0 Å². The summed E-state index contributed by atoms with van der Waals surface area (Å²) in [4.78, 5) is 2.71. The summed E-state index contributed by atoms with van der Waals surface area (Å²) in [5.74, 6) is 0.924. The molecule has 0 spiro atoms. The van der Waals surface area contributed by atoms with Crippen molar-refractivity contribution in [1.29, 1.82) is 0 Å². The molecule has 0 aliphatic carbocycles. The second-order valence-electron chi connectivity index (χ2n) is 6.00. The first-order valence-corrected chi connectivity index (χ1v) is 8.28. The molecule has 3 nitrogen and oxygen atoms in total. The topological polar surface area (TPSA) is 24.5 Å². The van der Waals surface area contributed by atoms with Crippen molar-refractivity contribution in [2.24, 2.45) is 0 Å². The Bertz CT molecular complexity index is 419. The maximum atomic E-state index is 5.29. The van der Waals surface area contributed by atoms with Gasteiger partial charge in [-0.1, -0.05) is 26.0 Å². The largest absolute Gasteiger partial charge is 0.497 e. The molecule has 1 fully saturated rings. The highest BCUT2D eigenvalue weighted by molar-refractivity contribution is 5.31. The highest BCUT2D eigenvalue weighted by Crippen LogP contribution is 2.39. The van der Waals surface area contributed by atoms with Crippen molar-refractivity contribution in [2.75, 3.05) is 27.2 Å². The highest BCUT2D eigenvalue weighted by Gasteiger charge is 2.42. The van der Waals surface area contributed by atoms with Crippen LogP contribution in [0.2, 0.25) is 0 Å². The minimum atomic E-state index is 0.208. The van der Waals surface area contributed by atoms with Crippen LogP contribution in [0, 0.1) is 0 Å². The molecule has 1 unspecified atom stereocenters. The molecule has 1 aromatic rings. The average molecular weight is 290 g/mol. The zero-order valence-electron chi connectivity index (χ0n) is 14.0. The van der Waals surface area contributed by atoms with Gasteiger partial charge in [0.2, 0.25) is 0 Å². The Morgan fingerprint density at radius 3 is 2.14 bits per heavy atom. The normalized spacial score (nSPS) is 17.9. The number of hydrogen-bond acceptors (Lipinski definition) is 3. The van der Waals surface area contributed by atoms with Crippen LogP contribution >= 0.6 is 0 Å². The first-order chi connectivity index (χ1) is 10.2. The smallest absolute Gasteiger partial charge is 0.118 e. The van der Waals surface area contributed by atoms with Gasteiger partial charge in [0.15, 0.2) is 0 Å². The minimum Gasteiger partial charge on any atom is -0.497 e. The van der Waals surface area contributed by atoms with Gasteiger partial charge < -0.3 is 10.1 Å². The van der Waals surface area contributed by atoms with Crippen molar-refractivity contribution in [3.8, 4) is 5.75 Å². The Balaban J connectivity index is 2.33. The van der Waals surface area contributed by atoms with Crippen molar-refractivity contribution in [3.05, 3.63) is 29.8 Å². The molecule has 21 heavy (non-hydrogen) atoms. The van der Waals surface area contributed by atoms with Crippen molar-refractivity contribution >= 4 is 0 Å². The lowest BCUT2D eigenvalue weighted by molar-refractivity contribution is 0.0647. The fourth-order valence-corrected chi connectivity index (χ4v) is 3.99. The Morgan fingerprint density at radius 1 is 1.14 bits per heavy atom. The quantitative estimate of drug-likeness (QED) is 0.830. The van der Waals surface area contributed by atoms with Crippen molar-refractivity contribution < 1.29 is 4.74 Å². The third kappa shape index (κ3) is 3.09. The van der Waals surface area contributed by atoms with Gasteiger partial charge in [0.05, 0.1) is 13.2 Å². The molecule has 118 valence electrons. The van der Waals surface area contributed by atoms with E-state index in [-0.39, 0.29) is 5.54 Å². The third-order valence-electron chi connectivity index (χ3n) is 5.24. The minimum absolute atomic E-state index is 0.208. The van der Waals surface area contributed by atoms with Gasteiger partial charge >= 0.3 is 0 Å². The van der Waals surface area contributed by atoms with E-state index in [0.29, 0.717) is 6.04 Å². The number of nitrogens with one attached hydrogen (secondary N) is 1. The second kappa shape index (κ2) is 7.28. The molecule has 0 radical (unpaired) electrons. The standard InChI is InChI=1S/C18H30N2O/c1-5-18(6-2,20-13-7-8-14-20)17(19-3)15-9-11-16(21-4)12-10-15/h9-12,17,19H,5-8,13-14H2,1-4H3. The van der Waals surface area contributed by atoms with Gasteiger partial charge in [-0.15, -0.1) is 0 Å². The average Bonchev–Trinajstić information content (AvgIpc) is 3.08. The molecule has 1 aliphatic rings. The first-order valence-electron chi connectivity index (χ1n) is 8.28. The molecule has 0 bridgehead atoms. The molecule has 0 aromatic heterocycles. The van der Waals surface area contributed by atoms with Crippen molar-refractivity contribution in [3.63, 3.8) is 0 Å². The highest BCUT2D eigenvalue weighted by atomic mass is 16.5. The van der Waals surface area contributed by atoms with Gasteiger partial charge in [0, 0.05) is 5.54 Å². The molecule has 1 N–H and O–H groups in total. The summed E-state index contributed by atoms with van der Waals surface area (Å²) in [7, 11) is 3.81. The van der Waals surface area contributed by atoms with Crippen molar-refractivity contribution in [2.45, 2.75) is 51.1 Å². The predicted octanol–water partition coefficient (Wildman–Crippen LogP) is 3.61. The molecule has 1 aromatic carbocycles. The van der Waals surface area contributed by atoms with Crippen LogP contribution in [0.4, 0.5) is 0 Å². The number of benzene rings is 1. The molecule has 0 amide bonds. The van der Waals surface area contributed by atoms with Gasteiger partial charge in [0.1, 0.15) is 5.75 Å². The Morgan fingerprint density at radius 2 is 1.71 bits per heavy atom. The van der Waals surface area contributed by atoms with E-state index < -0.39 is 0 Å². The Labute approximate surface area is 129 Å². The fraction of sp³-hybridized carbons (Fsp3) is 0.667. The lowest BCUT2D eigenvalue weighted by atomic mass is 9.79. The number of nitrogens with zero attached hydrogens (tertiary/aromatic N) is 1. The van der Waals surface area contributed by atoms with Crippen LogP contribution in [0.1, 0.15) is 51.1 Å². The van der Waals surface area contributed by atoms with E-state index in [2.05, 4.69) is 55.4 Å². The summed E-state index contributed by atoms with van der Waals surface area (Å²) in [6.45, 7) is 7.12. The lowest BCUT2D eigenvalue weighted by Crippen LogP contribution is -2.54. The molecule has 1 heterocycles. The van der Waals surface area contributed by atoms with Crippen LogP contribution in [0.25, 0.3) is 0 Å². The maximum absolute atomic E-state index is 5.29. The SMILES string of the molecule is CCC(CC)(C(NC)c1ccc(OC)cc1)N1CCCC1. The summed E-state index contributed by atoms with van der Waals surface area (Å²) in [5, 5.41) is 3.59. The maximum Gasteiger partial charge on any atom is 0.118 e. The fourth-order valence-electron chi connectivity index (χ4n) is 3.99. The van der Waals surface area contributed by atoms with Crippen LogP contribution in [-0.2, 0) is 0 Å². The molecule has 1 aliphatic heterocycles. The van der Waals surface area contributed by atoms with E-state index in [1.807, 2.05) is 0 Å². The van der Waals surface area contributed by atoms with Crippen molar-refractivity contribution in [1.82, 2.24) is 10.2 Å². The summed E-state index contributed by atoms with van der Waals surface area (Å²) in [6.07, 6.45) is 5.00. The number of likely N-dealkylation sites (N-methyl/N-ethyl adjacent to an activating group) is 1. The summed E-state index contributed by atoms with van der Waals surface area (Å²) < 4.78 is 5.29. The number of rotatable bonds is 7. The van der Waals surface area contributed by atoms with E-state index in [4.69, 9.17) is 4.74 Å². The molecular weight excluding hydrogens is 260 g/mol. The van der Waals surface area contributed by atoms with Crippen LogP contribution < -0.4 is 10.1 Å². The van der Waals surface area contributed by atoms with E-state index in [1.54, 1.807) is 7.11 Å². The number of ether oxygens (including phenoxy) is 1. The molecule has 1 saturated heterocycles. The summed E-state index contributed by atoms with van der Waals surface area (Å²) in [5.41, 5.74) is 1.56. The zero-order chi connectivity index (χ0) is 15.3. The van der Waals surface area contributed by atoms with Crippen LogP contribution in [0.15, 0.2) is 24.3 Å². The van der Waals surface area contributed by atoms with Crippen LogP contribution in [-0.4, -0.2) is 37.7 Å². The van der Waals surface area contributed by atoms with E-state index in [9.17, 15) is 0 Å².